The number of rotatable bonds is 7. The van der Waals surface area contributed by atoms with Gasteiger partial charge in [-0.1, -0.05) is 36.4 Å². The van der Waals surface area contributed by atoms with Crippen LogP contribution in [0.4, 0.5) is 0 Å². The van der Waals surface area contributed by atoms with Crippen LogP contribution >= 0.6 is 11.3 Å². The molecule has 2 heterocycles. The Kier molecular flexibility index (Phi) is 5.68. The van der Waals surface area contributed by atoms with Crippen LogP contribution in [-0.2, 0) is 10.0 Å². The molecule has 1 fully saturated rings. The van der Waals surface area contributed by atoms with Crippen LogP contribution in [0.2, 0.25) is 0 Å². The lowest BCUT2D eigenvalue weighted by Gasteiger charge is -2.17. The van der Waals surface area contributed by atoms with Crippen molar-refractivity contribution in [2.24, 2.45) is 0 Å². The Morgan fingerprint density at radius 3 is 2.67 bits per heavy atom. The van der Waals surface area contributed by atoms with Gasteiger partial charge in [0.1, 0.15) is 4.21 Å². The average molecular weight is 366 g/mol. The van der Waals surface area contributed by atoms with Gasteiger partial charge in [0, 0.05) is 25.7 Å². The Bertz CT molecular complexity index is 732. The smallest absolute Gasteiger partial charge is 0.252 e. The van der Waals surface area contributed by atoms with Gasteiger partial charge in [-0.15, -0.1) is 11.3 Å². The zero-order chi connectivity index (χ0) is 17.0. The van der Waals surface area contributed by atoms with Crippen LogP contribution in [0.5, 0.6) is 0 Å². The number of hydrogen-bond acceptors (Lipinski definition) is 5. The lowest BCUT2D eigenvalue weighted by atomic mass is 10.00. The van der Waals surface area contributed by atoms with Crippen molar-refractivity contribution in [3.05, 3.63) is 53.4 Å². The summed E-state index contributed by atoms with van der Waals surface area (Å²) in [7, 11) is -1.67. The van der Waals surface area contributed by atoms with Crippen LogP contribution in [0.1, 0.15) is 30.9 Å². The summed E-state index contributed by atoms with van der Waals surface area (Å²) >= 11 is 1.26. The highest BCUT2D eigenvalue weighted by Gasteiger charge is 2.25. The summed E-state index contributed by atoms with van der Waals surface area (Å²) in [5, 5.41) is 1.79. The second-order valence-electron chi connectivity index (χ2n) is 6.09. The summed E-state index contributed by atoms with van der Waals surface area (Å²) in [5.74, 6) is 0. The molecule has 7 heteroatoms. The quantitative estimate of drug-likeness (QED) is 0.792. The van der Waals surface area contributed by atoms with Crippen molar-refractivity contribution in [1.82, 2.24) is 15.2 Å². The molecule has 130 valence electrons. The number of thiophene rings is 1. The molecule has 1 aliphatic rings. The van der Waals surface area contributed by atoms with Crippen LogP contribution in [-0.4, -0.2) is 32.4 Å². The van der Waals surface area contributed by atoms with Gasteiger partial charge >= 0.3 is 0 Å². The van der Waals surface area contributed by atoms with Crippen molar-refractivity contribution in [3.8, 4) is 0 Å². The van der Waals surface area contributed by atoms with Crippen molar-refractivity contribution < 1.29 is 8.42 Å². The summed E-state index contributed by atoms with van der Waals surface area (Å²) in [6.07, 6.45) is 2.80. The largest absolute Gasteiger partial charge is 0.254 e. The molecule has 1 aromatic carbocycles. The van der Waals surface area contributed by atoms with E-state index in [1.54, 1.807) is 24.6 Å². The fourth-order valence-corrected chi connectivity index (χ4v) is 5.37. The van der Waals surface area contributed by atoms with E-state index in [-0.39, 0.29) is 0 Å². The third kappa shape index (κ3) is 4.04. The molecule has 3 rings (SSSR count). The Hall–Kier alpha value is -1.25. The van der Waals surface area contributed by atoms with Gasteiger partial charge in [0.2, 0.25) is 0 Å². The molecule has 2 unspecified atom stereocenters. The number of benzene rings is 1. The van der Waals surface area contributed by atoms with Crippen LogP contribution in [0.15, 0.2) is 52.1 Å². The molecule has 5 nitrogen and oxygen atoms in total. The lowest BCUT2D eigenvalue weighted by molar-refractivity contribution is 0.429. The predicted octanol–water partition coefficient (Wildman–Crippen LogP) is 2.76. The zero-order valence-corrected chi connectivity index (χ0v) is 15.3. The van der Waals surface area contributed by atoms with E-state index >= 15 is 0 Å². The topological polar surface area (TPSA) is 61.4 Å². The second kappa shape index (κ2) is 7.76. The standard InChI is InChI=1S/C17H23N3O2S2/c1-20(24(21,22)17-10-6-12-23-17)11-5-9-15-13-16(19-18-15)14-7-3-2-4-8-14/h2-4,6-8,10,12,15-16,18-19H,5,9,11,13H2,1H3. The third-order valence-corrected chi connectivity index (χ3v) is 7.60. The van der Waals surface area contributed by atoms with Crippen molar-refractivity contribution in [3.63, 3.8) is 0 Å². The molecule has 1 aliphatic heterocycles. The van der Waals surface area contributed by atoms with Crippen molar-refractivity contribution in [2.45, 2.75) is 35.6 Å². The summed E-state index contributed by atoms with van der Waals surface area (Å²) in [6, 6.07) is 14.5. The molecule has 2 N–H and O–H groups in total. The highest BCUT2D eigenvalue weighted by Crippen LogP contribution is 2.24. The van der Waals surface area contributed by atoms with E-state index < -0.39 is 10.0 Å². The minimum atomic E-state index is -3.33. The van der Waals surface area contributed by atoms with E-state index in [9.17, 15) is 8.42 Å². The first-order valence-electron chi connectivity index (χ1n) is 8.13. The molecule has 2 atom stereocenters. The average Bonchev–Trinajstić information content (AvgIpc) is 3.28. The van der Waals surface area contributed by atoms with E-state index in [0.29, 0.717) is 22.8 Å². The van der Waals surface area contributed by atoms with E-state index in [0.717, 1.165) is 19.3 Å². The molecule has 0 spiro atoms. The Morgan fingerprint density at radius 1 is 1.17 bits per heavy atom. The fraction of sp³-hybridized carbons (Fsp3) is 0.412. The van der Waals surface area contributed by atoms with Gasteiger partial charge in [-0.25, -0.2) is 12.7 Å². The van der Waals surface area contributed by atoms with Crippen LogP contribution < -0.4 is 10.9 Å². The molecule has 1 saturated heterocycles. The SMILES string of the molecule is CN(CCCC1CC(c2ccccc2)NN1)S(=O)(=O)c1cccs1. The molecule has 0 bridgehead atoms. The first kappa shape index (κ1) is 17.6. The third-order valence-electron chi connectivity index (χ3n) is 4.37. The number of nitrogens with one attached hydrogen (secondary N) is 2. The van der Waals surface area contributed by atoms with Gasteiger partial charge in [-0.2, -0.15) is 0 Å². The van der Waals surface area contributed by atoms with E-state index in [1.165, 1.54) is 21.2 Å². The summed E-state index contributed by atoms with van der Waals surface area (Å²) < 4.78 is 26.6. The fourth-order valence-electron chi connectivity index (χ4n) is 2.96. The molecule has 1 aromatic heterocycles. The maximum atomic E-state index is 12.4. The van der Waals surface area contributed by atoms with Gasteiger partial charge in [0.05, 0.1) is 0 Å². The summed E-state index contributed by atoms with van der Waals surface area (Å²) in [4.78, 5) is 0. The molecular weight excluding hydrogens is 342 g/mol. The number of hydrogen-bond donors (Lipinski definition) is 2. The van der Waals surface area contributed by atoms with E-state index in [1.807, 2.05) is 6.07 Å². The first-order valence-corrected chi connectivity index (χ1v) is 10.4. The normalized spacial score (nSPS) is 21.4. The molecule has 0 radical (unpaired) electrons. The monoisotopic (exact) mass is 365 g/mol. The predicted molar refractivity (Wildman–Crippen MR) is 97.2 cm³/mol. The van der Waals surface area contributed by atoms with Gasteiger partial charge in [-0.05, 0) is 36.3 Å². The Labute approximate surface area is 147 Å². The van der Waals surface area contributed by atoms with Gasteiger partial charge < -0.3 is 0 Å². The van der Waals surface area contributed by atoms with Crippen LogP contribution in [0, 0.1) is 0 Å². The van der Waals surface area contributed by atoms with E-state index in [2.05, 4.69) is 35.1 Å². The van der Waals surface area contributed by atoms with E-state index in [4.69, 9.17) is 0 Å². The Morgan fingerprint density at radius 2 is 1.96 bits per heavy atom. The zero-order valence-electron chi connectivity index (χ0n) is 13.7. The second-order valence-corrected chi connectivity index (χ2v) is 9.30. The maximum Gasteiger partial charge on any atom is 0.252 e. The van der Waals surface area contributed by atoms with Crippen LogP contribution in [0.25, 0.3) is 0 Å². The minimum absolute atomic E-state index is 0.323. The molecule has 0 saturated carbocycles. The summed E-state index contributed by atoms with van der Waals surface area (Å²) in [5.41, 5.74) is 7.95. The highest BCUT2D eigenvalue weighted by molar-refractivity contribution is 7.91. The molecule has 0 amide bonds. The van der Waals surface area contributed by atoms with Crippen molar-refractivity contribution >= 4 is 21.4 Å². The van der Waals surface area contributed by atoms with Crippen molar-refractivity contribution in [1.29, 1.82) is 0 Å². The maximum absolute atomic E-state index is 12.4. The van der Waals surface area contributed by atoms with Gasteiger partial charge in [0.15, 0.2) is 0 Å². The molecular formula is C17H23N3O2S2. The molecule has 24 heavy (non-hydrogen) atoms. The van der Waals surface area contributed by atoms with Crippen LogP contribution in [0.3, 0.4) is 0 Å². The number of sulfonamides is 1. The first-order chi connectivity index (χ1) is 11.6. The molecule has 0 aliphatic carbocycles. The van der Waals surface area contributed by atoms with Crippen molar-refractivity contribution in [2.75, 3.05) is 13.6 Å². The van der Waals surface area contributed by atoms with Gasteiger partial charge in [-0.3, -0.25) is 10.9 Å². The molecule has 2 aromatic rings. The lowest BCUT2D eigenvalue weighted by Crippen LogP contribution is -2.32. The highest BCUT2D eigenvalue weighted by atomic mass is 32.2. The number of nitrogens with zero attached hydrogens (tertiary/aromatic N) is 1. The van der Waals surface area contributed by atoms with Gasteiger partial charge in [0.25, 0.3) is 10.0 Å². The summed E-state index contributed by atoms with van der Waals surface area (Å²) in [6.45, 7) is 0.536. The Balaban J connectivity index is 1.46. The number of hydrazine groups is 1. The minimum Gasteiger partial charge on any atom is -0.254 e.